The molecule has 1 unspecified atom stereocenters. The quantitative estimate of drug-likeness (QED) is 0.531. The van der Waals surface area contributed by atoms with Crippen molar-refractivity contribution < 1.29 is 18.4 Å². The second kappa shape index (κ2) is 7.19. The zero-order valence-electron chi connectivity index (χ0n) is 14.8. The summed E-state index contributed by atoms with van der Waals surface area (Å²) in [6.45, 7) is 0.489. The third-order valence-electron chi connectivity index (χ3n) is 4.34. The molecule has 148 valence electrons. The van der Waals surface area contributed by atoms with Crippen LogP contribution in [0.2, 0.25) is 0 Å². The van der Waals surface area contributed by atoms with Crippen molar-refractivity contribution in [1.82, 2.24) is 25.4 Å². The molecule has 1 fully saturated rings. The van der Waals surface area contributed by atoms with E-state index in [0.717, 1.165) is 23.8 Å². The lowest BCUT2D eigenvalue weighted by atomic mass is 10.1. The van der Waals surface area contributed by atoms with Crippen molar-refractivity contribution in [3.63, 3.8) is 0 Å². The lowest BCUT2D eigenvalue weighted by molar-refractivity contribution is 0.0939. The first-order valence-electron chi connectivity index (χ1n) is 8.55. The first-order valence-corrected chi connectivity index (χ1v) is 8.55. The zero-order valence-corrected chi connectivity index (χ0v) is 14.8. The number of hydrogen-bond donors (Lipinski definition) is 4. The molecule has 0 aliphatic carbocycles. The molecule has 3 aromatic rings. The van der Waals surface area contributed by atoms with Crippen molar-refractivity contribution in [2.45, 2.75) is 6.04 Å². The number of carbonyl (C=O) groups excluding carboxylic acids is 2. The molecule has 11 heteroatoms. The molecule has 2 aromatic carbocycles. The van der Waals surface area contributed by atoms with Crippen molar-refractivity contribution in [3.05, 3.63) is 65.2 Å². The van der Waals surface area contributed by atoms with Crippen LogP contribution in [-0.2, 0) is 0 Å². The fraction of sp³-hybridized carbons (Fsp3) is 0.111. The predicted octanol–water partition coefficient (Wildman–Crippen LogP) is 1.92. The highest BCUT2D eigenvalue weighted by atomic mass is 19.1. The normalized spacial score (nSPS) is 15.7. The Kier molecular flexibility index (Phi) is 4.55. The molecule has 5 N–H and O–H groups in total. The number of hydrogen-bond acceptors (Lipinski definition) is 6. The number of urea groups is 1. The van der Waals surface area contributed by atoms with Gasteiger partial charge in [0.05, 0.1) is 6.04 Å². The highest BCUT2D eigenvalue weighted by Crippen LogP contribution is 2.21. The number of carbonyl (C=O) groups is 2. The molecule has 1 aliphatic rings. The van der Waals surface area contributed by atoms with Crippen molar-refractivity contribution in [3.8, 4) is 0 Å². The largest absolute Gasteiger partial charge is 0.368 e. The average molecular weight is 399 g/mol. The lowest BCUT2D eigenvalue weighted by Gasteiger charge is -2.09. The van der Waals surface area contributed by atoms with Crippen LogP contribution in [0, 0.1) is 11.6 Å². The molecular weight excluding hydrogens is 384 g/mol. The van der Waals surface area contributed by atoms with E-state index in [-0.39, 0.29) is 24.0 Å². The van der Waals surface area contributed by atoms with Crippen molar-refractivity contribution in [1.29, 1.82) is 0 Å². The van der Waals surface area contributed by atoms with Crippen LogP contribution in [0.3, 0.4) is 0 Å². The average Bonchev–Trinajstić information content (AvgIpc) is 3.27. The molecule has 1 atom stereocenters. The van der Waals surface area contributed by atoms with Gasteiger partial charge in [0, 0.05) is 12.2 Å². The van der Waals surface area contributed by atoms with Crippen LogP contribution in [0.5, 0.6) is 0 Å². The predicted molar refractivity (Wildman–Crippen MR) is 99.5 cm³/mol. The van der Waals surface area contributed by atoms with Gasteiger partial charge in [-0.2, -0.15) is 9.67 Å². The summed E-state index contributed by atoms with van der Waals surface area (Å²) in [5.74, 6) is -3.46. The van der Waals surface area contributed by atoms with Gasteiger partial charge in [-0.15, -0.1) is 5.10 Å². The lowest BCUT2D eigenvalue weighted by Crippen LogP contribution is -2.21. The molecular formula is C18H15F2N7O2. The van der Waals surface area contributed by atoms with Crippen LogP contribution in [0.15, 0.2) is 42.5 Å². The summed E-state index contributed by atoms with van der Waals surface area (Å²) in [5.41, 5.74) is 6.41. The number of rotatable bonds is 4. The van der Waals surface area contributed by atoms with Gasteiger partial charge in [0.15, 0.2) is 0 Å². The van der Waals surface area contributed by atoms with Crippen molar-refractivity contribution in [2.24, 2.45) is 0 Å². The Labute approximate surface area is 162 Å². The fourth-order valence-electron chi connectivity index (χ4n) is 2.92. The first kappa shape index (κ1) is 18.3. The minimum atomic E-state index is -1.07. The molecule has 0 saturated carbocycles. The maximum atomic E-state index is 13.9. The van der Waals surface area contributed by atoms with E-state index in [1.807, 2.05) is 0 Å². The molecule has 4 rings (SSSR count). The van der Waals surface area contributed by atoms with E-state index < -0.39 is 23.1 Å². The number of nitrogens with one attached hydrogen (secondary N) is 3. The van der Waals surface area contributed by atoms with Gasteiger partial charge in [-0.05, 0) is 29.8 Å². The molecule has 2 heterocycles. The van der Waals surface area contributed by atoms with Crippen LogP contribution < -0.4 is 21.7 Å². The topological polar surface area (TPSA) is 127 Å². The Morgan fingerprint density at radius 3 is 2.48 bits per heavy atom. The van der Waals surface area contributed by atoms with Gasteiger partial charge >= 0.3 is 6.03 Å². The number of anilines is 3. The molecule has 9 nitrogen and oxygen atoms in total. The standard InChI is InChI=1S/C18H15F2N7O2/c19-11-2-1-3-12(20)14(11)15(28)27-16(21)25-17(26-27)23-10-6-4-9(5-7-10)13-8-22-18(29)24-13/h1-7,13H,8H2,(H2,22,24,29)(H3,21,23,25,26). The van der Waals surface area contributed by atoms with E-state index in [1.54, 1.807) is 24.3 Å². The minimum Gasteiger partial charge on any atom is -0.368 e. The third-order valence-corrected chi connectivity index (χ3v) is 4.34. The van der Waals surface area contributed by atoms with E-state index in [9.17, 15) is 18.4 Å². The smallest absolute Gasteiger partial charge is 0.315 e. The number of aromatic nitrogens is 3. The van der Waals surface area contributed by atoms with Crippen LogP contribution in [0.1, 0.15) is 22.0 Å². The second-order valence-electron chi connectivity index (χ2n) is 6.26. The summed E-state index contributed by atoms with van der Waals surface area (Å²) in [6.07, 6.45) is 0. The van der Waals surface area contributed by atoms with Gasteiger partial charge in [-0.25, -0.2) is 13.6 Å². The monoisotopic (exact) mass is 399 g/mol. The summed E-state index contributed by atoms with van der Waals surface area (Å²) in [4.78, 5) is 27.6. The summed E-state index contributed by atoms with van der Waals surface area (Å²) >= 11 is 0. The van der Waals surface area contributed by atoms with Crippen molar-refractivity contribution >= 4 is 29.5 Å². The zero-order chi connectivity index (χ0) is 20.5. The van der Waals surface area contributed by atoms with Crippen LogP contribution >= 0.6 is 0 Å². The number of nitrogen functional groups attached to an aromatic ring is 1. The molecule has 1 saturated heterocycles. The molecule has 0 radical (unpaired) electrons. The molecule has 0 bridgehead atoms. The van der Waals surface area contributed by atoms with Gasteiger partial charge in [0.25, 0.3) is 5.91 Å². The highest BCUT2D eigenvalue weighted by Gasteiger charge is 2.23. The molecule has 2 amide bonds. The number of halogens is 2. The molecule has 1 aromatic heterocycles. The summed E-state index contributed by atoms with van der Waals surface area (Å²) in [5, 5.41) is 12.2. The molecule has 1 aliphatic heterocycles. The van der Waals surface area contributed by atoms with Crippen LogP contribution in [-0.4, -0.2) is 33.2 Å². The maximum absolute atomic E-state index is 13.9. The summed E-state index contributed by atoms with van der Waals surface area (Å²) in [7, 11) is 0. The summed E-state index contributed by atoms with van der Waals surface area (Å²) in [6, 6.07) is 9.80. The van der Waals surface area contributed by atoms with Gasteiger partial charge in [0.1, 0.15) is 17.2 Å². The summed E-state index contributed by atoms with van der Waals surface area (Å²) < 4.78 is 28.3. The van der Waals surface area contributed by atoms with Gasteiger partial charge in [0.2, 0.25) is 11.9 Å². The van der Waals surface area contributed by atoms with Gasteiger partial charge in [-0.1, -0.05) is 18.2 Å². The van der Waals surface area contributed by atoms with Crippen LogP contribution in [0.25, 0.3) is 0 Å². The molecule has 0 spiro atoms. The van der Waals surface area contributed by atoms with E-state index in [1.165, 1.54) is 0 Å². The minimum absolute atomic E-state index is 0.0174. The Balaban J connectivity index is 1.52. The van der Waals surface area contributed by atoms with E-state index >= 15 is 0 Å². The second-order valence-corrected chi connectivity index (χ2v) is 6.26. The highest BCUT2D eigenvalue weighted by molar-refractivity contribution is 5.97. The maximum Gasteiger partial charge on any atom is 0.315 e. The number of amides is 2. The van der Waals surface area contributed by atoms with Gasteiger partial charge in [-0.3, -0.25) is 4.79 Å². The van der Waals surface area contributed by atoms with E-state index in [2.05, 4.69) is 26.0 Å². The third kappa shape index (κ3) is 3.57. The fourth-order valence-corrected chi connectivity index (χ4v) is 2.92. The number of nitrogens with zero attached hydrogens (tertiary/aromatic N) is 3. The number of benzene rings is 2. The Bertz CT molecular complexity index is 1080. The van der Waals surface area contributed by atoms with Crippen LogP contribution in [0.4, 0.5) is 31.2 Å². The Hall–Kier alpha value is -4.02. The Morgan fingerprint density at radius 2 is 1.86 bits per heavy atom. The SMILES string of the molecule is Nc1nc(Nc2ccc(C3CNC(=O)N3)cc2)nn1C(=O)c1c(F)cccc1F. The van der Waals surface area contributed by atoms with E-state index in [0.29, 0.717) is 16.9 Å². The van der Waals surface area contributed by atoms with Gasteiger partial charge < -0.3 is 21.7 Å². The molecule has 29 heavy (non-hydrogen) atoms. The van der Waals surface area contributed by atoms with E-state index in [4.69, 9.17) is 5.73 Å². The first-order chi connectivity index (χ1) is 13.9. The van der Waals surface area contributed by atoms with Crippen molar-refractivity contribution in [2.75, 3.05) is 17.6 Å². The Morgan fingerprint density at radius 1 is 1.17 bits per heavy atom. The number of nitrogens with two attached hydrogens (primary N) is 1.